The predicted octanol–water partition coefficient (Wildman–Crippen LogP) is 2.47. The summed E-state index contributed by atoms with van der Waals surface area (Å²) < 4.78 is 15.3. The molecule has 0 aliphatic carbocycles. The number of aryl methyl sites for hydroxylation is 1. The minimum atomic E-state index is -0.937. The van der Waals surface area contributed by atoms with Gasteiger partial charge in [-0.3, -0.25) is 0 Å². The van der Waals surface area contributed by atoms with Gasteiger partial charge in [-0.15, -0.1) is 0 Å². The maximum absolute atomic E-state index is 12.6. The third kappa shape index (κ3) is 4.16. The van der Waals surface area contributed by atoms with Gasteiger partial charge in [0.2, 0.25) is 0 Å². The predicted molar refractivity (Wildman–Crippen MR) is 106 cm³/mol. The first-order valence-electron chi connectivity index (χ1n) is 9.06. The minimum Gasteiger partial charge on any atom is -0.466 e. The van der Waals surface area contributed by atoms with E-state index in [9.17, 15) is 14.7 Å². The number of hydrogen-bond donors (Lipinski definition) is 1. The normalized spacial score (nSPS) is 15.1. The van der Waals surface area contributed by atoms with Crippen molar-refractivity contribution in [2.24, 2.45) is 0 Å². The van der Waals surface area contributed by atoms with Crippen LogP contribution in [0.5, 0.6) is 0 Å². The van der Waals surface area contributed by atoms with Crippen molar-refractivity contribution in [3.8, 4) is 0 Å². The molecule has 1 aliphatic rings. The smallest absolute Gasteiger partial charge is 0.355 e. The topological polar surface area (TPSA) is 85.3 Å². The van der Waals surface area contributed by atoms with Gasteiger partial charge in [-0.05, 0) is 18.6 Å². The second-order valence-electron chi connectivity index (χ2n) is 6.59. The Morgan fingerprint density at radius 3 is 2.41 bits per heavy atom. The molecule has 1 aliphatic heterocycles. The molecule has 3 rings (SSSR count). The van der Waals surface area contributed by atoms with Crippen LogP contribution < -0.4 is 4.90 Å². The molecule has 0 radical (unpaired) electrons. The average Bonchev–Trinajstić information content (AvgIpc) is 2.77. The van der Waals surface area contributed by atoms with Crippen molar-refractivity contribution < 1.29 is 28.9 Å². The number of aliphatic hydroxyl groups excluding tert-OH is 1. The number of carbonyl (C=O) groups excluding carboxylic acids is 2. The molecule has 0 bridgehead atoms. The third-order valence-corrected chi connectivity index (χ3v) is 4.72. The van der Waals surface area contributed by atoms with Gasteiger partial charge in [0, 0.05) is 11.3 Å². The molecular formula is C22H23NO6. The van der Waals surface area contributed by atoms with Gasteiger partial charge < -0.3 is 24.2 Å². The molecule has 0 saturated carbocycles. The van der Waals surface area contributed by atoms with Crippen LogP contribution in [0.15, 0.2) is 59.8 Å². The standard InChI is InChI=1S/C22H23NO6/c1-14-9-10-18(16(11-14)20(24)15-7-5-4-6-8-15)23-13-29-12-17(21(25)27-2)19(23)22(26)28-3/h4-11,20,24H,12-13H2,1-3H3. The average molecular weight is 397 g/mol. The monoisotopic (exact) mass is 397 g/mol. The second kappa shape index (κ2) is 8.89. The molecule has 1 heterocycles. The lowest BCUT2D eigenvalue weighted by Crippen LogP contribution is -2.39. The van der Waals surface area contributed by atoms with Crippen molar-refractivity contribution in [2.45, 2.75) is 13.0 Å². The van der Waals surface area contributed by atoms with E-state index in [1.54, 1.807) is 6.07 Å². The lowest BCUT2D eigenvalue weighted by molar-refractivity contribution is -0.140. The van der Waals surface area contributed by atoms with Crippen LogP contribution >= 0.6 is 0 Å². The molecule has 1 atom stereocenters. The zero-order valence-electron chi connectivity index (χ0n) is 16.5. The first kappa shape index (κ1) is 20.6. The highest BCUT2D eigenvalue weighted by atomic mass is 16.5. The zero-order valence-corrected chi connectivity index (χ0v) is 16.5. The molecule has 2 aromatic carbocycles. The van der Waals surface area contributed by atoms with Crippen LogP contribution in [0.3, 0.4) is 0 Å². The van der Waals surface area contributed by atoms with E-state index < -0.39 is 18.0 Å². The number of anilines is 1. The van der Waals surface area contributed by atoms with Crippen molar-refractivity contribution in [2.75, 3.05) is 32.5 Å². The molecule has 152 valence electrons. The molecule has 0 aromatic heterocycles. The van der Waals surface area contributed by atoms with E-state index in [0.717, 1.165) is 5.56 Å². The van der Waals surface area contributed by atoms with Gasteiger partial charge in [-0.1, -0.05) is 48.0 Å². The van der Waals surface area contributed by atoms with Gasteiger partial charge in [0.05, 0.1) is 26.4 Å². The van der Waals surface area contributed by atoms with E-state index in [2.05, 4.69) is 0 Å². The highest BCUT2D eigenvalue weighted by molar-refractivity contribution is 6.03. The summed E-state index contributed by atoms with van der Waals surface area (Å²) in [6.07, 6.45) is -0.937. The fourth-order valence-electron chi connectivity index (χ4n) is 3.29. The van der Waals surface area contributed by atoms with Gasteiger partial charge >= 0.3 is 11.9 Å². The Labute approximate surface area is 169 Å². The van der Waals surface area contributed by atoms with Crippen LogP contribution in [0.25, 0.3) is 0 Å². The summed E-state index contributed by atoms with van der Waals surface area (Å²) in [6.45, 7) is 1.85. The Kier molecular flexibility index (Phi) is 6.31. The van der Waals surface area contributed by atoms with Gasteiger partial charge in [-0.2, -0.15) is 0 Å². The van der Waals surface area contributed by atoms with Crippen LogP contribution in [0, 0.1) is 6.92 Å². The Morgan fingerprint density at radius 1 is 1.07 bits per heavy atom. The van der Waals surface area contributed by atoms with E-state index >= 15 is 0 Å². The molecule has 0 amide bonds. The molecule has 1 N–H and O–H groups in total. The maximum Gasteiger partial charge on any atom is 0.355 e. The summed E-state index contributed by atoms with van der Waals surface area (Å²) in [4.78, 5) is 26.3. The van der Waals surface area contributed by atoms with E-state index in [1.165, 1.54) is 19.1 Å². The fraction of sp³-hybridized carbons (Fsp3) is 0.273. The molecule has 0 spiro atoms. The summed E-state index contributed by atoms with van der Waals surface area (Å²) >= 11 is 0. The number of aliphatic hydroxyl groups is 1. The lowest BCUT2D eigenvalue weighted by atomic mass is 9.97. The van der Waals surface area contributed by atoms with E-state index in [4.69, 9.17) is 14.2 Å². The fourth-order valence-corrected chi connectivity index (χ4v) is 3.29. The Hall–Kier alpha value is -3.16. The van der Waals surface area contributed by atoms with Crippen molar-refractivity contribution >= 4 is 17.6 Å². The zero-order chi connectivity index (χ0) is 21.0. The highest BCUT2D eigenvalue weighted by Crippen LogP contribution is 2.35. The molecule has 2 aromatic rings. The summed E-state index contributed by atoms with van der Waals surface area (Å²) in [5.74, 6) is -1.36. The lowest BCUT2D eigenvalue weighted by Gasteiger charge is -2.33. The van der Waals surface area contributed by atoms with Crippen molar-refractivity contribution in [1.82, 2.24) is 0 Å². The summed E-state index contributed by atoms with van der Waals surface area (Å²) in [7, 11) is 2.48. The number of carbonyl (C=O) groups is 2. The van der Waals surface area contributed by atoms with E-state index in [1.807, 2.05) is 49.4 Å². The molecule has 7 heteroatoms. The van der Waals surface area contributed by atoms with E-state index in [-0.39, 0.29) is 24.6 Å². The largest absolute Gasteiger partial charge is 0.466 e. The number of rotatable bonds is 5. The first-order chi connectivity index (χ1) is 14.0. The summed E-state index contributed by atoms with van der Waals surface area (Å²) in [5, 5.41) is 11.0. The van der Waals surface area contributed by atoms with Crippen molar-refractivity contribution in [1.29, 1.82) is 0 Å². The van der Waals surface area contributed by atoms with Crippen LogP contribution in [-0.4, -0.2) is 44.6 Å². The number of benzene rings is 2. The number of ether oxygens (including phenoxy) is 3. The van der Waals surface area contributed by atoms with Crippen LogP contribution in [0.2, 0.25) is 0 Å². The summed E-state index contributed by atoms with van der Waals surface area (Å²) in [5.41, 5.74) is 2.85. The molecule has 1 unspecified atom stereocenters. The number of hydrogen-bond acceptors (Lipinski definition) is 7. The number of esters is 2. The Morgan fingerprint density at radius 2 is 1.76 bits per heavy atom. The van der Waals surface area contributed by atoms with Gasteiger partial charge in [0.15, 0.2) is 0 Å². The van der Waals surface area contributed by atoms with E-state index in [0.29, 0.717) is 16.8 Å². The van der Waals surface area contributed by atoms with Gasteiger partial charge in [0.25, 0.3) is 0 Å². The van der Waals surface area contributed by atoms with Crippen molar-refractivity contribution in [3.63, 3.8) is 0 Å². The third-order valence-electron chi connectivity index (χ3n) is 4.72. The van der Waals surface area contributed by atoms with Crippen LogP contribution in [-0.2, 0) is 23.8 Å². The maximum atomic E-state index is 12.6. The number of nitrogens with zero attached hydrogens (tertiary/aromatic N) is 1. The van der Waals surface area contributed by atoms with Crippen LogP contribution in [0.1, 0.15) is 22.8 Å². The van der Waals surface area contributed by atoms with Gasteiger partial charge in [-0.25, -0.2) is 9.59 Å². The summed E-state index contributed by atoms with van der Waals surface area (Å²) in [6, 6.07) is 14.7. The highest BCUT2D eigenvalue weighted by Gasteiger charge is 2.34. The SMILES string of the molecule is COC(=O)C1=C(C(=O)OC)N(c2ccc(C)cc2C(O)c2ccccc2)COC1. The Bertz CT molecular complexity index is 938. The number of methoxy groups -OCH3 is 2. The molecular weight excluding hydrogens is 374 g/mol. The molecule has 7 nitrogen and oxygen atoms in total. The Balaban J connectivity index is 2.16. The second-order valence-corrected chi connectivity index (χ2v) is 6.59. The first-order valence-corrected chi connectivity index (χ1v) is 9.06. The molecule has 0 saturated heterocycles. The minimum absolute atomic E-state index is 0.0164. The quantitative estimate of drug-likeness (QED) is 0.776. The molecule has 0 fully saturated rings. The van der Waals surface area contributed by atoms with Crippen LogP contribution in [0.4, 0.5) is 5.69 Å². The molecule has 29 heavy (non-hydrogen) atoms. The van der Waals surface area contributed by atoms with Gasteiger partial charge in [0.1, 0.15) is 18.5 Å². The van der Waals surface area contributed by atoms with Crippen molar-refractivity contribution in [3.05, 3.63) is 76.5 Å².